The molecule has 0 atom stereocenters. The van der Waals surface area contributed by atoms with E-state index >= 15 is 0 Å². The van der Waals surface area contributed by atoms with Gasteiger partial charge in [-0.1, -0.05) is 121 Å². The maximum atomic E-state index is 5.40. The van der Waals surface area contributed by atoms with E-state index in [0.29, 0.717) is 0 Å². The van der Waals surface area contributed by atoms with Crippen LogP contribution in [0, 0.1) is 0 Å². The highest BCUT2D eigenvalue weighted by atomic mass is 14.9. The Bertz CT molecular complexity index is 2550. The number of aliphatic imine (C=N–C) groups is 2. The zero-order valence-electron chi connectivity index (χ0n) is 27.0. The van der Waals surface area contributed by atoms with Crippen molar-refractivity contribution in [3.8, 4) is 0 Å². The van der Waals surface area contributed by atoms with Gasteiger partial charge in [-0.25, -0.2) is 9.98 Å². The lowest BCUT2D eigenvalue weighted by atomic mass is 9.96. The number of nitrogens with one attached hydrogen (secondary N) is 1. The molecule has 0 saturated carbocycles. The van der Waals surface area contributed by atoms with Gasteiger partial charge >= 0.3 is 0 Å². The number of hydrogen-bond donors (Lipinski definition) is 1. The van der Waals surface area contributed by atoms with E-state index in [1.54, 1.807) is 0 Å². The summed E-state index contributed by atoms with van der Waals surface area (Å²) in [6.07, 6.45) is 10.8. The van der Waals surface area contributed by atoms with Gasteiger partial charge in [0.15, 0.2) is 0 Å². The SMILES string of the molecule is Cn1cc2cc1C(c1ccccc1)=C1C=CC(=N1)C(c1ccccc1)=c1ccc([nH]1)=C(c1ccccc1)C1=NC(=C2c2ccccc2)C=C1. The Morgan fingerprint density at radius 1 is 0.429 bits per heavy atom. The first kappa shape index (κ1) is 28.7. The summed E-state index contributed by atoms with van der Waals surface area (Å²) in [6.45, 7) is 0. The molecule has 8 bridgehead atoms. The summed E-state index contributed by atoms with van der Waals surface area (Å²) in [4.78, 5) is 14.6. The molecule has 4 heteroatoms. The van der Waals surface area contributed by atoms with Crippen molar-refractivity contribution in [1.29, 1.82) is 0 Å². The molecule has 2 aromatic heterocycles. The standard InChI is InChI=1S/C45H32N4/c1-49-29-34-28-41(49)45(33-20-12-5-13-21-33)40-27-26-39(48-40)44(32-18-10-4-11-19-32)38-25-24-37(47-38)43(31-16-8-3-9-17-31)36-23-22-35(46-36)42(34)30-14-6-2-7-15-30/h2-29,47H,1H3. The van der Waals surface area contributed by atoms with Crippen molar-refractivity contribution in [2.24, 2.45) is 17.0 Å². The summed E-state index contributed by atoms with van der Waals surface area (Å²) < 4.78 is 2.22. The molecule has 0 unspecified atom stereocenters. The average Bonchev–Trinajstić information content (AvgIpc) is 3.98. The lowest BCUT2D eigenvalue weighted by Gasteiger charge is -2.12. The number of fused-ring (bicyclic) bond motifs is 6. The first-order valence-electron chi connectivity index (χ1n) is 16.6. The minimum absolute atomic E-state index is 0.913. The Morgan fingerprint density at radius 3 is 1.31 bits per heavy atom. The highest BCUT2D eigenvalue weighted by molar-refractivity contribution is 6.31. The number of rotatable bonds is 4. The molecule has 9 rings (SSSR count). The number of allylic oxidation sites excluding steroid dienone is 4. The number of aromatic nitrogens is 2. The van der Waals surface area contributed by atoms with E-state index in [1.807, 2.05) is 0 Å². The normalized spacial score (nSPS) is 15.3. The molecular formula is C45H32N4. The first-order valence-corrected chi connectivity index (χ1v) is 16.6. The van der Waals surface area contributed by atoms with E-state index in [2.05, 4.69) is 187 Å². The fourth-order valence-electron chi connectivity index (χ4n) is 7.11. The van der Waals surface area contributed by atoms with Crippen LogP contribution >= 0.6 is 0 Å². The van der Waals surface area contributed by atoms with Crippen LogP contribution in [0.5, 0.6) is 0 Å². The van der Waals surface area contributed by atoms with Gasteiger partial charge in [0.05, 0.1) is 28.5 Å². The lowest BCUT2D eigenvalue weighted by molar-refractivity contribution is 0.907. The smallest absolute Gasteiger partial charge is 0.0737 e. The third kappa shape index (κ3) is 5.11. The number of aryl methyl sites for hydroxylation is 1. The van der Waals surface area contributed by atoms with Gasteiger partial charge in [-0.3, -0.25) is 0 Å². The van der Waals surface area contributed by atoms with Crippen LogP contribution in [0.3, 0.4) is 0 Å². The van der Waals surface area contributed by atoms with Crippen molar-refractivity contribution < 1.29 is 0 Å². The zero-order chi connectivity index (χ0) is 32.7. The Labute approximate surface area is 285 Å². The van der Waals surface area contributed by atoms with Crippen LogP contribution in [0.1, 0.15) is 33.5 Å². The maximum absolute atomic E-state index is 5.40. The second-order valence-electron chi connectivity index (χ2n) is 12.4. The van der Waals surface area contributed by atoms with Gasteiger partial charge in [0.1, 0.15) is 0 Å². The quantitative estimate of drug-likeness (QED) is 0.206. The van der Waals surface area contributed by atoms with E-state index in [1.165, 1.54) is 0 Å². The minimum Gasteiger partial charge on any atom is -0.354 e. The molecule has 3 aliphatic rings. The molecule has 0 fully saturated rings. The van der Waals surface area contributed by atoms with Crippen LogP contribution in [0.4, 0.5) is 0 Å². The Morgan fingerprint density at radius 2 is 0.837 bits per heavy atom. The highest BCUT2D eigenvalue weighted by Crippen LogP contribution is 2.37. The second-order valence-corrected chi connectivity index (χ2v) is 12.4. The average molecular weight is 629 g/mol. The fourth-order valence-corrected chi connectivity index (χ4v) is 7.11. The number of aromatic amines is 1. The summed E-state index contributed by atoms with van der Waals surface area (Å²) in [5.41, 5.74) is 14.6. The van der Waals surface area contributed by atoms with E-state index < -0.39 is 0 Å². The van der Waals surface area contributed by atoms with Gasteiger partial charge < -0.3 is 9.55 Å². The second kappa shape index (κ2) is 11.9. The highest BCUT2D eigenvalue weighted by Gasteiger charge is 2.24. The summed E-state index contributed by atoms with van der Waals surface area (Å²) >= 11 is 0. The van der Waals surface area contributed by atoms with E-state index in [9.17, 15) is 0 Å². The van der Waals surface area contributed by atoms with Gasteiger partial charge in [0, 0.05) is 51.8 Å². The molecule has 1 N–H and O–H groups in total. The summed E-state index contributed by atoms with van der Waals surface area (Å²) in [7, 11) is 2.12. The topological polar surface area (TPSA) is 45.4 Å². The molecule has 0 amide bonds. The molecule has 0 aliphatic carbocycles. The largest absolute Gasteiger partial charge is 0.354 e. The fraction of sp³-hybridized carbons (Fsp3) is 0.0222. The van der Waals surface area contributed by atoms with Gasteiger partial charge in [0.2, 0.25) is 0 Å². The van der Waals surface area contributed by atoms with Crippen molar-refractivity contribution in [2.45, 2.75) is 0 Å². The van der Waals surface area contributed by atoms with Crippen molar-refractivity contribution in [3.63, 3.8) is 0 Å². The third-order valence-corrected chi connectivity index (χ3v) is 9.33. The summed E-state index contributed by atoms with van der Waals surface area (Å²) in [6, 6.07) is 48.9. The first-order chi connectivity index (χ1) is 24.2. The van der Waals surface area contributed by atoms with E-state index in [-0.39, 0.29) is 0 Å². The van der Waals surface area contributed by atoms with Gasteiger partial charge in [-0.15, -0.1) is 0 Å². The molecule has 4 nitrogen and oxygen atoms in total. The van der Waals surface area contributed by atoms with Crippen molar-refractivity contribution in [3.05, 3.63) is 226 Å². The van der Waals surface area contributed by atoms with Gasteiger partial charge in [-0.2, -0.15) is 0 Å². The number of hydrogen-bond acceptors (Lipinski definition) is 2. The predicted molar refractivity (Wildman–Crippen MR) is 201 cm³/mol. The van der Waals surface area contributed by atoms with Crippen LogP contribution in [-0.4, -0.2) is 21.0 Å². The molecule has 232 valence electrons. The molecule has 0 radical (unpaired) electrons. The molecule has 0 saturated heterocycles. The van der Waals surface area contributed by atoms with E-state index in [4.69, 9.17) is 9.98 Å². The lowest BCUT2D eigenvalue weighted by Crippen LogP contribution is -2.21. The number of benzene rings is 4. The third-order valence-electron chi connectivity index (χ3n) is 9.33. The number of nitrogens with zero attached hydrogens (tertiary/aromatic N) is 3. The Kier molecular flexibility index (Phi) is 6.98. The molecule has 4 aromatic carbocycles. The van der Waals surface area contributed by atoms with Gasteiger partial charge in [-0.05, 0) is 64.8 Å². The van der Waals surface area contributed by atoms with Crippen molar-refractivity contribution in [1.82, 2.24) is 9.55 Å². The van der Waals surface area contributed by atoms with Gasteiger partial charge in [0.25, 0.3) is 0 Å². The summed E-state index contributed by atoms with van der Waals surface area (Å²) in [5, 5.41) is 2.00. The van der Waals surface area contributed by atoms with Crippen LogP contribution in [0.2, 0.25) is 0 Å². The zero-order valence-corrected chi connectivity index (χ0v) is 27.0. The van der Waals surface area contributed by atoms with E-state index in [0.717, 1.165) is 89.3 Å². The Balaban J connectivity index is 1.44. The molecular weight excluding hydrogens is 597 g/mol. The van der Waals surface area contributed by atoms with Crippen LogP contribution < -0.4 is 10.7 Å². The van der Waals surface area contributed by atoms with Crippen LogP contribution in [0.25, 0.3) is 22.3 Å². The van der Waals surface area contributed by atoms with Crippen LogP contribution in [-0.2, 0) is 7.05 Å². The van der Waals surface area contributed by atoms with Crippen LogP contribution in [0.15, 0.2) is 191 Å². The maximum Gasteiger partial charge on any atom is 0.0737 e. The molecule has 6 aromatic rings. The molecule has 3 aliphatic heterocycles. The predicted octanol–water partition coefficient (Wildman–Crippen LogP) is 8.01. The summed E-state index contributed by atoms with van der Waals surface area (Å²) in [5.74, 6) is 0. The molecule has 5 heterocycles. The molecule has 49 heavy (non-hydrogen) atoms. The minimum atomic E-state index is 0.913. The number of H-pyrrole nitrogens is 1. The monoisotopic (exact) mass is 628 g/mol. The van der Waals surface area contributed by atoms with Crippen molar-refractivity contribution in [2.75, 3.05) is 0 Å². The van der Waals surface area contributed by atoms with Crippen molar-refractivity contribution >= 4 is 33.7 Å². The molecule has 0 spiro atoms. The Hall–Kier alpha value is -6.52.